The highest BCUT2D eigenvalue weighted by Gasteiger charge is 2.15. The molecule has 0 aliphatic carbocycles. The zero-order chi connectivity index (χ0) is 26.2. The van der Waals surface area contributed by atoms with Gasteiger partial charge in [0.1, 0.15) is 24.7 Å². The molecule has 4 aromatic carbocycles. The number of carbonyl (C=O) groups excluding carboxylic acids is 1. The molecule has 0 bridgehead atoms. The molecule has 0 radical (unpaired) electrons. The fourth-order valence-corrected chi connectivity index (χ4v) is 4.13. The second-order valence-electron chi connectivity index (χ2n) is 8.74. The summed E-state index contributed by atoms with van der Waals surface area (Å²) in [6, 6.07) is 35.3. The molecule has 0 spiro atoms. The molecule has 0 aliphatic heterocycles. The van der Waals surface area contributed by atoms with Crippen molar-refractivity contribution in [3.8, 4) is 28.4 Å². The number of amides is 1. The highest BCUT2D eigenvalue weighted by molar-refractivity contribution is 5.94. The van der Waals surface area contributed by atoms with Crippen LogP contribution in [-0.2, 0) is 13.2 Å². The van der Waals surface area contributed by atoms with Crippen LogP contribution in [0.1, 0.15) is 28.4 Å². The van der Waals surface area contributed by atoms with Crippen LogP contribution in [0.5, 0.6) is 11.5 Å². The van der Waals surface area contributed by atoms with Crippen molar-refractivity contribution in [1.29, 1.82) is 0 Å². The van der Waals surface area contributed by atoms with Gasteiger partial charge in [-0.2, -0.15) is 5.10 Å². The van der Waals surface area contributed by atoms with Crippen LogP contribution in [0.25, 0.3) is 16.9 Å². The van der Waals surface area contributed by atoms with Crippen LogP contribution in [-0.4, -0.2) is 22.2 Å². The van der Waals surface area contributed by atoms with Crippen LogP contribution in [0.2, 0.25) is 0 Å². The minimum atomic E-state index is -0.0950. The Kier molecular flexibility index (Phi) is 7.80. The fourth-order valence-electron chi connectivity index (χ4n) is 4.13. The van der Waals surface area contributed by atoms with Gasteiger partial charge in [-0.1, -0.05) is 60.7 Å². The van der Waals surface area contributed by atoms with Crippen molar-refractivity contribution in [2.75, 3.05) is 6.54 Å². The highest BCUT2D eigenvalue weighted by Crippen LogP contribution is 2.35. The quantitative estimate of drug-likeness (QED) is 0.238. The van der Waals surface area contributed by atoms with Crippen molar-refractivity contribution < 1.29 is 14.3 Å². The van der Waals surface area contributed by atoms with Gasteiger partial charge in [-0.3, -0.25) is 4.79 Å². The van der Waals surface area contributed by atoms with E-state index in [-0.39, 0.29) is 5.91 Å². The van der Waals surface area contributed by atoms with Crippen LogP contribution in [0.15, 0.2) is 115 Å². The fraction of sp³-hybridized carbons (Fsp3) is 0.125. The average Bonchev–Trinajstić information content (AvgIpc) is 3.46. The van der Waals surface area contributed by atoms with E-state index in [1.54, 1.807) is 18.3 Å². The third kappa shape index (κ3) is 5.93. The third-order valence-corrected chi connectivity index (χ3v) is 6.07. The number of benzene rings is 4. The summed E-state index contributed by atoms with van der Waals surface area (Å²) in [6.45, 7) is 3.37. The Morgan fingerprint density at radius 3 is 2.11 bits per heavy atom. The van der Waals surface area contributed by atoms with E-state index >= 15 is 0 Å². The van der Waals surface area contributed by atoms with Gasteiger partial charge in [0, 0.05) is 23.7 Å². The number of hydrogen-bond acceptors (Lipinski definition) is 4. The van der Waals surface area contributed by atoms with Gasteiger partial charge in [-0.25, -0.2) is 4.68 Å². The SMILES string of the molecule is CCNC(=O)c1ccc(-n2nccc2-c2ccc(OCc3ccccc3)cc2OCc2ccccc2)cc1. The summed E-state index contributed by atoms with van der Waals surface area (Å²) in [5.74, 6) is 1.32. The number of aromatic nitrogens is 2. The van der Waals surface area contributed by atoms with Crippen molar-refractivity contribution in [3.63, 3.8) is 0 Å². The van der Waals surface area contributed by atoms with Gasteiger partial charge in [0.05, 0.1) is 17.6 Å². The van der Waals surface area contributed by atoms with Gasteiger partial charge < -0.3 is 14.8 Å². The lowest BCUT2D eigenvalue weighted by Crippen LogP contribution is -2.22. The standard InChI is InChI=1S/C32H29N3O3/c1-2-33-32(36)26-13-15-27(16-14-26)35-30(19-20-34-35)29-18-17-28(37-22-24-9-5-3-6-10-24)21-31(29)38-23-25-11-7-4-8-12-25/h3-21H,2,22-23H2,1H3,(H,33,36). The number of hydrogen-bond donors (Lipinski definition) is 1. The minimum Gasteiger partial charge on any atom is -0.489 e. The van der Waals surface area contributed by atoms with Crippen LogP contribution in [0.4, 0.5) is 0 Å². The molecule has 1 heterocycles. The normalized spacial score (nSPS) is 10.7. The number of rotatable bonds is 10. The Morgan fingerprint density at radius 2 is 1.45 bits per heavy atom. The summed E-state index contributed by atoms with van der Waals surface area (Å²) in [7, 11) is 0. The maximum Gasteiger partial charge on any atom is 0.251 e. The molecular formula is C32H29N3O3. The predicted molar refractivity (Wildman–Crippen MR) is 149 cm³/mol. The highest BCUT2D eigenvalue weighted by atomic mass is 16.5. The second kappa shape index (κ2) is 11.9. The Balaban J connectivity index is 1.44. The summed E-state index contributed by atoms with van der Waals surface area (Å²) < 4.78 is 14.3. The topological polar surface area (TPSA) is 65.4 Å². The monoisotopic (exact) mass is 503 g/mol. The van der Waals surface area contributed by atoms with Crippen molar-refractivity contribution in [2.45, 2.75) is 20.1 Å². The first-order valence-corrected chi connectivity index (χ1v) is 12.6. The molecule has 0 unspecified atom stereocenters. The number of ether oxygens (including phenoxy) is 2. The Hall–Kier alpha value is -4.84. The molecule has 0 saturated carbocycles. The van der Waals surface area contributed by atoms with Crippen molar-refractivity contribution >= 4 is 5.91 Å². The second-order valence-corrected chi connectivity index (χ2v) is 8.74. The van der Waals surface area contributed by atoms with Crippen LogP contribution < -0.4 is 14.8 Å². The van der Waals surface area contributed by atoms with Gasteiger partial charge in [-0.05, 0) is 60.5 Å². The third-order valence-electron chi connectivity index (χ3n) is 6.07. The summed E-state index contributed by atoms with van der Waals surface area (Å²) >= 11 is 0. The van der Waals surface area contributed by atoms with Crippen LogP contribution in [0, 0.1) is 0 Å². The number of nitrogens with zero attached hydrogens (tertiary/aromatic N) is 2. The van der Waals surface area contributed by atoms with Gasteiger partial charge in [-0.15, -0.1) is 0 Å². The zero-order valence-corrected chi connectivity index (χ0v) is 21.2. The van der Waals surface area contributed by atoms with E-state index in [0.29, 0.717) is 31.1 Å². The van der Waals surface area contributed by atoms with E-state index in [4.69, 9.17) is 9.47 Å². The number of nitrogens with one attached hydrogen (secondary N) is 1. The molecule has 1 amide bonds. The first kappa shape index (κ1) is 24.8. The summed E-state index contributed by atoms with van der Waals surface area (Å²) in [5.41, 5.74) is 5.38. The maximum atomic E-state index is 12.2. The molecule has 6 nitrogen and oxygen atoms in total. The van der Waals surface area contributed by atoms with Crippen LogP contribution in [0.3, 0.4) is 0 Å². The first-order valence-electron chi connectivity index (χ1n) is 12.6. The van der Waals surface area contributed by atoms with Crippen molar-refractivity contribution in [3.05, 3.63) is 132 Å². The van der Waals surface area contributed by atoms with Gasteiger partial charge in [0.25, 0.3) is 5.91 Å². The van der Waals surface area contributed by atoms with E-state index < -0.39 is 0 Å². The van der Waals surface area contributed by atoms with E-state index in [2.05, 4.69) is 10.4 Å². The van der Waals surface area contributed by atoms with Crippen LogP contribution >= 0.6 is 0 Å². The van der Waals surface area contributed by atoms with E-state index in [1.807, 2.05) is 109 Å². The average molecular weight is 504 g/mol. The van der Waals surface area contributed by atoms with Crippen molar-refractivity contribution in [1.82, 2.24) is 15.1 Å². The van der Waals surface area contributed by atoms with E-state index in [9.17, 15) is 4.79 Å². The largest absolute Gasteiger partial charge is 0.489 e. The molecule has 5 rings (SSSR count). The smallest absolute Gasteiger partial charge is 0.251 e. The lowest BCUT2D eigenvalue weighted by atomic mass is 10.1. The van der Waals surface area contributed by atoms with Gasteiger partial charge >= 0.3 is 0 Å². The molecule has 6 heteroatoms. The molecule has 5 aromatic rings. The summed E-state index contributed by atoms with van der Waals surface area (Å²) in [4.78, 5) is 12.2. The summed E-state index contributed by atoms with van der Waals surface area (Å²) in [6.07, 6.45) is 1.76. The molecule has 0 aliphatic rings. The molecule has 38 heavy (non-hydrogen) atoms. The molecule has 0 saturated heterocycles. The van der Waals surface area contributed by atoms with E-state index in [1.165, 1.54) is 0 Å². The predicted octanol–water partition coefficient (Wildman–Crippen LogP) is 6.45. The van der Waals surface area contributed by atoms with E-state index in [0.717, 1.165) is 33.8 Å². The molecule has 190 valence electrons. The lowest BCUT2D eigenvalue weighted by Gasteiger charge is -2.16. The zero-order valence-electron chi connectivity index (χ0n) is 21.2. The Morgan fingerprint density at radius 1 is 0.789 bits per heavy atom. The van der Waals surface area contributed by atoms with Gasteiger partial charge in [0.2, 0.25) is 0 Å². The van der Waals surface area contributed by atoms with Crippen molar-refractivity contribution in [2.24, 2.45) is 0 Å². The molecular weight excluding hydrogens is 474 g/mol. The summed E-state index contributed by atoms with van der Waals surface area (Å²) in [5, 5.41) is 7.39. The number of carbonyl (C=O) groups is 1. The Bertz CT molecular complexity index is 1480. The molecule has 0 atom stereocenters. The molecule has 1 aromatic heterocycles. The minimum absolute atomic E-state index is 0.0950. The molecule has 0 fully saturated rings. The first-order chi connectivity index (χ1) is 18.7. The maximum absolute atomic E-state index is 12.2. The van der Waals surface area contributed by atoms with Gasteiger partial charge in [0.15, 0.2) is 0 Å². The lowest BCUT2D eigenvalue weighted by molar-refractivity contribution is 0.0956. The molecule has 1 N–H and O–H groups in total. The Labute approximate surface area is 222 Å².